The third kappa shape index (κ3) is 5.06. The van der Waals surface area contributed by atoms with Crippen molar-refractivity contribution in [3.8, 4) is 5.75 Å². The van der Waals surface area contributed by atoms with Gasteiger partial charge in [-0.3, -0.25) is 9.59 Å². The quantitative estimate of drug-likeness (QED) is 0.668. The Labute approximate surface area is 165 Å². The van der Waals surface area contributed by atoms with Crippen LogP contribution in [0, 0.1) is 0 Å². The highest BCUT2D eigenvalue weighted by Gasteiger charge is 2.16. The van der Waals surface area contributed by atoms with Crippen molar-refractivity contribution in [2.75, 3.05) is 23.0 Å². The first-order valence-corrected chi connectivity index (χ1v) is 9.70. The van der Waals surface area contributed by atoms with Gasteiger partial charge in [0.1, 0.15) is 5.75 Å². The van der Waals surface area contributed by atoms with Crippen molar-refractivity contribution in [1.82, 2.24) is 0 Å². The van der Waals surface area contributed by atoms with Crippen LogP contribution in [-0.2, 0) is 9.59 Å². The van der Waals surface area contributed by atoms with Crippen LogP contribution in [0.1, 0.15) is 12.8 Å². The molecule has 0 bridgehead atoms. The normalized spacial score (nSPS) is 12.9. The van der Waals surface area contributed by atoms with Crippen molar-refractivity contribution >= 4 is 58.2 Å². The van der Waals surface area contributed by atoms with E-state index in [1.54, 1.807) is 24.3 Å². The summed E-state index contributed by atoms with van der Waals surface area (Å²) >= 11 is 13.3. The molecule has 0 aromatic heterocycles. The number of anilines is 2. The average molecular weight is 411 g/mol. The Morgan fingerprint density at radius 3 is 2.88 bits per heavy atom. The summed E-state index contributed by atoms with van der Waals surface area (Å²) in [6.45, 7) is 0.367. The molecule has 0 fully saturated rings. The van der Waals surface area contributed by atoms with Gasteiger partial charge in [-0.25, -0.2) is 0 Å². The Balaban J connectivity index is 1.46. The monoisotopic (exact) mass is 410 g/mol. The summed E-state index contributed by atoms with van der Waals surface area (Å²) in [6, 6.07) is 10.5. The summed E-state index contributed by atoms with van der Waals surface area (Å²) in [5, 5.41) is 6.61. The molecule has 2 aromatic carbocycles. The minimum atomic E-state index is -0.120. The van der Waals surface area contributed by atoms with Gasteiger partial charge in [-0.1, -0.05) is 23.2 Å². The SMILES string of the molecule is O=C(CCCOc1ccc(Cl)cc1Cl)Nc1ccc2c(c1)NC(=O)CS2. The number of fused-ring (bicyclic) bond motifs is 1. The molecule has 136 valence electrons. The summed E-state index contributed by atoms with van der Waals surface area (Å²) in [5.74, 6) is 0.796. The molecule has 0 atom stereocenters. The van der Waals surface area contributed by atoms with E-state index in [9.17, 15) is 9.59 Å². The molecule has 0 aliphatic carbocycles. The van der Waals surface area contributed by atoms with Gasteiger partial charge in [-0.15, -0.1) is 11.8 Å². The van der Waals surface area contributed by atoms with Gasteiger partial charge < -0.3 is 15.4 Å². The van der Waals surface area contributed by atoms with E-state index < -0.39 is 0 Å². The molecule has 2 aromatic rings. The van der Waals surface area contributed by atoms with Crippen LogP contribution in [-0.4, -0.2) is 24.2 Å². The Morgan fingerprint density at radius 1 is 1.23 bits per heavy atom. The fourth-order valence-corrected chi connectivity index (χ4v) is 3.64. The lowest BCUT2D eigenvalue weighted by molar-refractivity contribution is -0.116. The lowest BCUT2D eigenvalue weighted by Crippen LogP contribution is -2.19. The van der Waals surface area contributed by atoms with E-state index in [-0.39, 0.29) is 11.8 Å². The van der Waals surface area contributed by atoms with Crippen molar-refractivity contribution < 1.29 is 14.3 Å². The molecule has 5 nitrogen and oxygen atoms in total. The van der Waals surface area contributed by atoms with Crippen molar-refractivity contribution in [2.45, 2.75) is 17.7 Å². The predicted molar refractivity (Wildman–Crippen MR) is 106 cm³/mol. The van der Waals surface area contributed by atoms with Gasteiger partial charge in [0.25, 0.3) is 0 Å². The first-order chi connectivity index (χ1) is 12.5. The third-order valence-corrected chi connectivity index (χ3v) is 5.20. The van der Waals surface area contributed by atoms with Crippen LogP contribution in [0.3, 0.4) is 0 Å². The number of benzene rings is 2. The van der Waals surface area contributed by atoms with Crippen molar-refractivity contribution in [2.24, 2.45) is 0 Å². The van der Waals surface area contributed by atoms with Crippen molar-refractivity contribution in [3.63, 3.8) is 0 Å². The van der Waals surface area contributed by atoms with Crippen LogP contribution < -0.4 is 15.4 Å². The number of carbonyl (C=O) groups excluding carboxylic acids is 2. The van der Waals surface area contributed by atoms with E-state index in [4.69, 9.17) is 27.9 Å². The number of amides is 2. The van der Waals surface area contributed by atoms with E-state index >= 15 is 0 Å². The number of thioether (sulfide) groups is 1. The molecular weight excluding hydrogens is 395 g/mol. The van der Waals surface area contributed by atoms with E-state index in [0.29, 0.717) is 46.7 Å². The Morgan fingerprint density at radius 2 is 2.08 bits per heavy atom. The topological polar surface area (TPSA) is 67.4 Å². The molecule has 1 aliphatic rings. The van der Waals surface area contributed by atoms with Crippen LogP contribution in [0.2, 0.25) is 10.0 Å². The number of halogens is 2. The standard InChI is InChI=1S/C18H16Cl2N2O3S/c19-11-3-5-15(13(20)8-11)25-7-1-2-17(23)21-12-4-6-16-14(9-12)22-18(24)10-26-16/h3-6,8-9H,1-2,7,10H2,(H,21,23)(H,22,24). The van der Waals surface area contributed by atoms with Gasteiger partial charge in [-0.2, -0.15) is 0 Å². The second kappa shape index (κ2) is 8.66. The molecule has 0 radical (unpaired) electrons. The zero-order valence-electron chi connectivity index (χ0n) is 13.7. The molecule has 8 heteroatoms. The highest BCUT2D eigenvalue weighted by Crippen LogP contribution is 2.33. The summed E-state index contributed by atoms with van der Waals surface area (Å²) < 4.78 is 5.56. The van der Waals surface area contributed by atoms with Crippen molar-refractivity contribution in [1.29, 1.82) is 0 Å². The Hall–Kier alpha value is -1.89. The molecule has 0 unspecified atom stereocenters. The van der Waals surface area contributed by atoms with Gasteiger partial charge in [-0.05, 0) is 42.8 Å². The molecule has 3 rings (SSSR count). The molecular formula is C18H16Cl2N2O3S. The molecule has 0 saturated heterocycles. The van der Waals surface area contributed by atoms with E-state index in [1.165, 1.54) is 11.8 Å². The van der Waals surface area contributed by atoms with Crippen LogP contribution in [0.15, 0.2) is 41.3 Å². The number of rotatable bonds is 6. The largest absolute Gasteiger partial charge is 0.492 e. The van der Waals surface area contributed by atoms with Gasteiger partial charge in [0.05, 0.1) is 23.1 Å². The summed E-state index contributed by atoms with van der Waals surface area (Å²) in [4.78, 5) is 24.5. The van der Waals surface area contributed by atoms with Gasteiger partial charge in [0.2, 0.25) is 11.8 Å². The number of hydrogen-bond donors (Lipinski definition) is 2. The second-order valence-electron chi connectivity index (χ2n) is 5.62. The minimum absolute atomic E-state index is 0.0380. The van der Waals surface area contributed by atoms with Crippen molar-refractivity contribution in [3.05, 3.63) is 46.4 Å². The maximum absolute atomic E-state index is 12.1. The number of nitrogens with one attached hydrogen (secondary N) is 2. The highest BCUT2D eigenvalue weighted by atomic mass is 35.5. The average Bonchev–Trinajstić information content (AvgIpc) is 2.60. The fourth-order valence-electron chi connectivity index (χ4n) is 2.39. The first kappa shape index (κ1) is 18.9. The Kier molecular flexibility index (Phi) is 6.29. The maximum atomic E-state index is 12.1. The molecule has 0 spiro atoms. The molecule has 2 N–H and O–H groups in total. The fraction of sp³-hybridized carbons (Fsp3) is 0.222. The second-order valence-corrected chi connectivity index (χ2v) is 7.48. The highest BCUT2D eigenvalue weighted by molar-refractivity contribution is 8.00. The zero-order valence-corrected chi connectivity index (χ0v) is 16.0. The lowest BCUT2D eigenvalue weighted by atomic mass is 10.2. The van der Waals surface area contributed by atoms with Crippen LogP contribution >= 0.6 is 35.0 Å². The van der Waals surface area contributed by atoms with Gasteiger partial charge in [0.15, 0.2) is 0 Å². The summed E-state index contributed by atoms with van der Waals surface area (Å²) in [5.41, 5.74) is 1.38. The zero-order chi connectivity index (χ0) is 18.5. The summed E-state index contributed by atoms with van der Waals surface area (Å²) in [6.07, 6.45) is 0.853. The maximum Gasteiger partial charge on any atom is 0.234 e. The predicted octanol–water partition coefficient (Wildman–Crippen LogP) is 4.84. The molecule has 0 saturated carbocycles. The number of hydrogen-bond acceptors (Lipinski definition) is 4. The molecule has 1 aliphatic heterocycles. The van der Waals surface area contributed by atoms with Gasteiger partial charge in [0, 0.05) is 22.0 Å². The third-order valence-electron chi connectivity index (χ3n) is 3.60. The minimum Gasteiger partial charge on any atom is -0.492 e. The van der Waals surface area contributed by atoms with Gasteiger partial charge >= 0.3 is 0 Å². The Bertz CT molecular complexity index is 845. The molecule has 1 heterocycles. The molecule has 26 heavy (non-hydrogen) atoms. The summed E-state index contributed by atoms with van der Waals surface area (Å²) in [7, 11) is 0. The van der Waals surface area contributed by atoms with Crippen LogP contribution in [0.4, 0.5) is 11.4 Å². The number of ether oxygens (including phenoxy) is 1. The van der Waals surface area contributed by atoms with E-state index in [0.717, 1.165) is 10.6 Å². The van der Waals surface area contributed by atoms with Crippen LogP contribution in [0.25, 0.3) is 0 Å². The smallest absolute Gasteiger partial charge is 0.234 e. The number of carbonyl (C=O) groups is 2. The molecule has 2 amide bonds. The van der Waals surface area contributed by atoms with E-state index in [1.807, 2.05) is 12.1 Å². The first-order valence-electron chi connectivity index (χ1n) is 7.95. The lowest BCUT2D eigenvalue weighted by Gasteiger charge is -2.17. The van der Waals surface area contributed by atoms with Crippen LogP contribution in [0.5, 0.6) is 5.75 Å². The van der Waals surface area contributed by atoms with E-state index in [2.05, 4.69) is 10.6 Å².